The number of rotatable bonds is 10. The van der Waals surface area contributed by atoms with Gasteiger partial charge in [0.1, 0.15) is 0 Å². The van der Waals surface area contributed by atoms with Crippen molar-refractivity contribution in [3.8, 4) is 0 Å². The molecule has 1 rings (SSSR count). The Kier molecular flexibility index (Phi) is 8.46. The number of aryl methyl sites for hydroxylation is 1. The third-order valence-corrected chi connectivity index (χ3v) is 4.79. The fourth-order valence-electron chi connectivity index (χ4n) is 2.15. The van der Waals surface area contributed by atoms with Crippen molar-refractivity contribution in [3.63, 3.8) is 0 Å². The molecular formula is C17H26N2O4S. The zero-order valence-corrected chi connectivity index (χ0v) is 15.1. The van der Waals surface area contributed by atoms with Gasteiger partial charge in [0.15, 0.2) is 0 Å². The number of sulfonamides is 1. The Morgan fingerprint density at radius 3 is 2.17 bits per heavy atom. The van der Waals surface area contributed by atoms with E-state index in [2.05, 4.69) is 5.32 Å². The third kappa shape index (κ3) is 7.12. The predicted molar refractivity (Wildman–Crippen MR) is 92.9 cm³/mol. The minimum atomic E-state index is -3.86. The number of hydrogen-bond acceptors (Lipinski definition) is 4. The Labute approximate surface area is 144 Å². The highest BCUT2D eigenvalue weighted by atomic mass is 32.2. The Morgan fingerprint density at radius 2 is 1.58 bits per heavy atom. The van der Waals surface area contributed by atoms with Gasteiger partial charge >= 0.3 is 0 Å². The van der Waals surface area contributed by atoms with Crippen LogP contribution in [0.2, 0.25) is 0 Å². The lowest BCUT2D eigenvalue weighted by Crippen LogP contribution is -2.31. The second kappa shape index (κ2) is 10.1. The van der Waals surface area contributed by atoms with Crippen molar-refractivity contribution < 1.29 is 18.0 Å². The van der Waals surface area contributed by atoms with Gasteiger partial charge in [-0.1, -0.05) is 32.4 Å². The number of nitrogens with one attached hydrogen (secondary N) is 2. The van der Waals surface area contributed by atoms with E-state index in [0.29, 0.717) is 13.0 Å². The first-order chi connectivity index (χ1) is 11.4. The van der Waals surface area contributed by atoms with Crippen molar-refractivity contribution in [2.24, 2.45) is 0 Å². The number of amides is 2. The van der Waals surface area contributed by atoms with Gasteiger partial charge in [0.25, 0.3) is 10.0 Å². The molecule has 0 radical (unpaired) electrons. The monoisotopic (exact) mass is 354 g/mol. The third-order valence-electron chi connectivity index (χ3n) is 3.40. The highest BCUT2D eigenvalue weighted by Gasteiger charge is 2.17. The molecule has 0 spiro atoms. The molecule has 1 aromatic carbocycles. The minimum absolute atomic E-state index is 0.00725. The Balaban J connectivity index is 2.48. The smallest absolute Gasteiger partial charge is 0.264 e. The summed E-state index contributed by atoms with van der Waals surface area (Å²) >= 11 is 0. The summed E-state index contributed by atoms with van der Waals surface area (Å²) < 4.78 is 26.3. The van der Waals surface area contributed by atoms with Crippen LogP contribution in [0.1, 0.15) is 51.5 Å². The second-order valence-corrected chi connectivity index (χ2v) is 7.31. The lowest BCUT2D eigenvalue weighted by atomic mass is 10.1. The van der Waals surface area contributed by atoms with Crippen LogP contribution >= 0.6 is 0 Å². The lowest BCUT2D eigenvalue weighted by Gasteiger charge is -2.08. The van der Waals surface area contributed by atoms with E-state index < -0.39 is 15.9 Å². The molecule has 0 heterocycles. The fraction of sp³-hybridized carbons (Fsp3) is 0.529. The van der Waals surface area contributed by atoms with Crippen molar-refractivity contribution in [3.05, 3.63) is 29.8 Å². The number of carbonyl (C=O) groups is 2. The van der Waals surface area contributed by atoms with Crippen LogP contribution in [-0.2, 0) is 26.0 Å². The van der Waals surface area contributed by atoms with Gasteiger partial charge in [-0.25, -0.2) is 13.1 Å². The van der Waals surface area contributed by atoms with Crippen LogP contribution in [0.25, 0.3) is 0 Å². The summed E-state index contributed by atoms with van der Waals surface area (Å²) in [7, 11) is -3.86. The molecule has 0 bridgehead atoms. The standard InChI is InChI=1S/C17H26N2O4S/c1-3-6-14-9-11-15(12-10-14)24(22,23)19-17(21)8-5-7-16(20)18-13-4-2/h9-12H,3-8,13H2,1-2H3,(H,18,20)(H,19,21). The summed E-state index contributed by atoms with van der Waals surface area (Å²) in [4.78, 5) is 23.3. The summed E-state index contributed by atoms with van der Waals surface area (Å²) in [6.45, 7) is 4.61. The molecule has 7 heteroatoms. The van der Waals surface area contributed by atoms with Crippen LogP contribution < -0.4 is 10.0 Å². The van der Waals surface area contributed by atoms with Crippen molar-refractivity contribution in [2.45, 2.75) is 57.3 Å². The molecule has 2 amide bonds. The molecular weight excluding hydrogens is 328 g/mol. The number of hydrogen-bond donors (Lipinski definition) is 2. The van der Waals surface area contributed by atoms with E-state index in [1.807, 2.05) is 18.6 Å². The molecule has 24 heavy (non-hydrogen) atoms. The van der Waals surface area contributed by atoms with Gasteiger partial charge in [-0.15, -0.1) is 0 Å². The molecule has 0 unspecified atom stereocenters. The Bertz CT molecular complexity index is 639. The fourth-order valence-corrected chi connectivity index (χ4v) is 3.16. The highest BCUT2D eigenvalue weighted by Crippen LogP contribution is 2.12. The van der Waals surface area contributed by atoms with Crippen molar-refractivity contribution in [2.75, 3.05) is 6.54 Å². The van der Waals surface area contributed by atoms with Crippen LogP contribution in [0, 0.1) is 0 Å². The maximum Gasteiger partial charge on any atom is 0.264 e. The second-order valence-electron chi connectivity index (χ2n) is 5.63. The minimum Gasteiger partial charge on any atom is -0.356 e. The van der Waals surface area contributed by atoms with E-state index in [4.69, 9.17) is 0 Å². The van der Waals surface area contributed by atoms with E-state index >= 15 is 0 Å². The predicted octanol–water partition coefficient (Wildman–Crippen LogP) is 2.14. The van der Waals surface area contributed by atoms with Gasteiger partial charge in [-0.2, -0.15) is 0 Å². The van der Waals surface area contributed by atoms with Gasteiger partial charge in [0.2, 0.25) is 11.8 Å². The summed E-state index contributed by atoms with van der Waals surface area (Å²) in [5.41, 5.74) is 1.06. The SMILES string of the molecule is CCCNC(=O)CCCC(=O)NS(=O)(=O)c1ccc(CCC)cc1. The summed E-state index contributed by atoms with van der Waals surface area (Å²) in [5.74, 6) is -0.727. The van der Waals surface area contributed by atoms with Crippen molar-refractivity contribution in [1.82, 2.24) is 10.0 Å². The van der Waals surface area contributed by atoms with Gasteiger partial charge in [0.05, 0.1) is 4.90 Å². The molecule has 1 aromatic rings. The molecule has 0 aliphatic heterocycles. The molecule has 0 fully saturated rings. The Morgan fingerprint density at radius 1 is 0.958 bits per heavy atom. The topological polar surface area (TPSA) is 92.3 Å². The molecule has 2 N–H and O–H groups in total. The molecule has 0 aromatic heterocycles. The molecule has 6 nitrogen and oxygen atoms in total. The maximum atomic E-state index is 12.1. The van der Waals surface area contributed by atoms with Gasteiger partial charge in [-0.3, -0.25) is 9.59 Å². The summed E-state index contributed by atoms with van der Waals surface area (Å²) in [6.07, 6.45) is 3.22. The first-order valence-corrected chi connectivity index (χ1v) is 9.78. The van der Waals surface area contributed by atoms with Crippen molar-refractivity contribution in [1.29, 1.82) is 0 Å². The zero-order valence-electron chi connectivity index (χ0n) is 14.3. The largest absolute Gasteiger partial charge is 0.356 e. The van der Waals surface area contributed by atoms with Crippen molar-refractivity contribution >= 4 is 21.8 Å². The maximum absolute atomic E-state index is 12.1. The summed E-state index contributed by atoms with van der Waals surface area (Å²) in [5, 5.41) is 2.71. The van der Waals surface area contributed by atoms with E-state index in [9.17, 15) is 18.0 Å². The van der Waals surface area contributed by atoms with E-state index in [0.717, 1.165) is 24.8 Å². The van der Waals surface area contributed by atoms with E-state index in [-0.39, 0.29) is 23.6 Å². The quantitative estimate of drug-likeness (QED) is 0.673. The first kappa shape index (κ1) is 20.2. The van der Waals surface area contributed by atoms with E-state index in [1.165, 1.54) is 12.1 Å². The highest BCUT2D eigenvalue weighted by molar-refractivity contribution is 7.90. The van der Waals surface area contributed by atoms with Gasteiger partial charge in [-0.05, 0) is 37.0 Å². The lowest BCUT2D eigenvalue weighted by molar-refractivity contribution is -0.121. The average Bonchev–Trinajstić information content (AvgIpc) is 2.53. The Hall–Kier alpha value is -1.89. The average molecular weight is 354 g/mol. The molecule has 0 saturated carbocycles. The molecule has 134 valence electrons. The van der Waals surface area contributed by atoms with Crippen LogP contribution in [0.15, 0.2) is 29.2 Å². The molecule has 0 aliphatic rings. The zero-order chi connectivity index (χ0) is 18.0. The number of benzene rings is 1. The van der Waals surface area contributed by atoms with Crippen LogP contribution in [0.5, 0.6) is 0 Å². The molecule has 0 aliphatic carbocycles. The van der Waals surface area contributed by atoms with Gasteiger partial charge < -0.3 is 5.32 Å². The first-order valence-electron chi connectivity index (χ1n) is 8.30. The molecule has 0 saturated heterocycles. The van der Waals surface area contributed by atoms with Crippen LogP contribution in [-0.4, -0.2) is 26.8 Å². The number of carbonyl (C=O) groups excluding carboxylic acids is 2. The van der Waals surface area contributed by atoms with Crippen LogP contribution in [0.4, 0.5) is 0 Å². The summed E-state index contributed by atoms with van der Waals surface area (Å²) in [6, 6.07) is 6.50. The normalized spacial score (nSPS) is 11.1. The molecule has 0 atom stereocenters. The van der Waals surface area contributed by atoms with Crippen LogP contribution in [0.3, 0.4) is 0 Å². The van der Waals surface area contributed by atoms with Gasteiger partial charge in [0, 0.05) is 19.4 Å². The van der Waals surface area contributed by atoms with E-state index in [1.54, 1.807) is 12.1 Å².